The third-order valence-corrected chi connectivity index (χ3v) is 2.17. The fourth-order valence-electron chi connectivity index (χ4n) is 1.09. The third-order valence-electron chi connectivity index (χ3n) is 2.17. The lowest BCUT2D eigenvalue weighted by Gasteiger charge is -2.14. The number of carbonyl (C=O) groups excluding carboxylic acids is 1. The van der Waals surface area contributed by atoms with Crippen molar-refractivity contribution in [3.8, 4) is 5.88 Å². The molecular weight excluding hydrogens is 208 g/mol. The number of aromatic nitrogens is 1. The predicted molar refractivity (Wildman–Crippen MR) is 60.4 cm³/mol. The maximum Gasteiger partial charge on any atom is 0.343 e. The molecule has 1 heterocycles. The van der Waals surface area contributed by atoms with Gasteiger partial charge in [0, 0.05) is 0 Å². The highest BCUT2D eigenvalue weighted by atomic mass is 16.5. The Kier molecular flexibility index (Phi) is 4.10. The first kappa shape index (κ1) is 12.3. The number of ether oxygens (including phenoxy) is 2. The number of hydrogen-bond acceptors (Lipinski definition) is 5. The summed E-state index contributed by atoms with van der Waals surface area (Å²) in [5.41, 5.74) is 6.21. The highest BCUT2D eigenvalue weighted by Gasteiger charge is 2.16. The average molecular weight is 224 g/mol. The predicted octanol–water partition coefficient (Wildman–Crippen LogP) is 1.63. The Bertz CT molecular complexity index is 379. The molecule has 0 aromatic carbocycles. The molecule has 0 bridgehead atoms. The molecule has 0 aliphatic rings. The van der Waals surface area contributed by atoms with Gasteiger partial charge in [0.05, 0.1) is 25.1 Å². The fourth-order valence-corrected chi connectivity index (χ4v) is 1.09. The molecule has 1 aromatic heterocycles. The van der Waals surface area contributed by atoms with Gasteiger partial charge in [-0.25, -0.2) is 9.78 Å². The van der Waals surface area contributed by atoms with Gasteiger partial charge in [0.1, 0.15) is 5.56 Å². The molecule has 0 saturated carbocycles. The van der Waals surface area contributed by atoms with Crippen LogP contribution in [-0.2, 0) is 4.74 Å². The van der Waals surface area contributed by atoms with Crippen LogP contribution >= 0.6 is 0 Å². The van der Waals surface area contributed by atoms with Crippen molar-refractivity contribution in [2.45, 2.75) is 26.4 Å². The first-order valence-corrected chi connectivity index (χ1v) is 5.09. The van der Waals surface area contributed by atoms with Crippen molar-refractivity contribution >= 4 is 11.7 Å². The summed E-state index contributed by atoms with van der Waals surface area (Å²) in [5.74, 6) is -0.242. The Labute approximate surface area is 94.6 Å². The van der Waals surface area contributed by atoms with Crippen LogP contribution in [0.3, 0.4) is 0 Å². The minimum Gasteiger partial charge on any atom is -0.474 e. The van der Waals surface area contributed by atoms with Gasteiger partial charge in [-0.3, -0.25) is 0 Å². The minimum atomic E-state index is -0.502. The number of nitrogen functional groups attached to an aromatic ring is 1. The van der Waals surface area contributed by atoms with E-state index in [2.05, 4.69) is 9.72 Å². The SMILES string of the molecule is CCC(C)Oc1ncc(N)cc1C(=O)OC. The van der Waals surface area contributed by atoms with Crippen LogP contribution in [0.5, 0.6) is 5.88 Å². The maximum atomic E-state index is 11.5. The Morgan fingerprint density at radius 2 is 2.31 bits per heavy atom. The number of rotatable bonds is 4. The summed E-state index contributed by atoms with van der Waals surface area (Å²) in [6.45, 7) is 3.89. The number of methoxy groups -OCH3 is 1. The molecule has 0 amide bonds. The number of esters is 1. The number of nitrogens with zero attached hydrogens (tertiary/aromatic N) is 1. The smallest absolute Gasteiger partial charge is 0.343 e. The summed E-state index contributed by atoms with van der Waals surface area (Å²) < 4.78 is 10.1. The number of nitrogens with two attached hydrogens (primary N) is 1. The van der Waals surface area contributed by atoms with Gasteiger partial charge in [-0.05, 0) is 19.4 Å². The van der Waals surface area contributed by atoms with Crippen LogP contribution in [0.2, 0.25) is 0 Å². The summed E-state index contributed by atoms with van der Waals surface area (Å²) in [6.07, 6.45) is 2.26. The number of carbonyl (C=O) groups is 1. The molecule has 0 fully saturated rings. The molecule has 88 valence electrons. The first-order valence-electron chi connectivity index (χ1n) is 5.09. The van der Waals surface area contributed by atoms with Gasteiger partial charge in [0.2, 0.25) is 5.88 Å². The Morgan fingerprint density at radius 3 is 2.88 bits per heavy atom. The van der Waals surface area contributed by atoms with E-state index in [0.29, 0.717) is 5.69 Å². The minimum absolute atomic E-state index is 0.0143. The number of hydrogen-bond donors (Lipinski definition) is 1. The van der Waals surface area contributed by atoms with Gasteiger partial charge in [0.15, 0.2) is 0 Å². The molecule has 0 radical (unpaired) electrons. The van der Waals surface area contributed by atoms with Crippen molar-refractivity contribution in [2.75, 3.05) is 12.8 Å². The lowest BCUT2D eigenvalue weighted by molar-refractivity contribution is 0.0592. The zero-order chi connectivity index (χ0) is 12.1. The van der Waals surface area contributed by atoms with E-state index in [1.54, 1.807) is 0 Å². The third kappa shape index (κ3) is 2.85. The van der Waals surface area contributed by atoms with E-state index in [9.17, 15) is 4.79 Å². The van der Waals surface area contributed by atoms with Crippen LogP contribution in [0.1, 0.15) is 30.6 Å². The second kappa shape index (κ2) is 5.34. The lowest BCUT2D eigenvalue weighted by atomic mass is 10.2. The van der Waals surface area contributed by atoms with Crippen molar-refractivity contribution in [3.05, 3.63) is 17.8 Å². The number of anilines is 1. The Morgan fingerprint density at radius 1 is 1.62 bits per heavy atom. The second-order valence-corrected chi connectivity index (χ2v) is 3.45. The molecular formula is C11H16N2O3. The molecule has 0 spiro atoms. The van der Waals surface area contributed by atoms with Crippen molar-refractivity contribution < 1.29 is 14.3 Å². The van der Waals surface area contributed by atoms with Gasteiger partial charge in [-0.1, -0.05) is 6.92 Å². The van der Waals surface area contributed by atoms with Gasteiger partial charge in [-0.15, -0.1) is 0 Å². The molecule has 0 saturated heterocycles. The number of pyridine rings is 1. The van der Waals surface area contributed by atoms with E-state index >= 15 is 0 Å². The summed E-state index contributed by atoms with van der Waals surface area (Å²) >= 11 is 0. The molecule has 5 heteroatoms. The molecule has 1 unspecified atom stereocenters. The summed E-state index contributed by atoms with van der Waals surface area (Å²) in [5, 5.41) is 0. The highest BCUT2D eigenvalue weighted by Crippen LogP contribution is 2.20. The summed E-state index contributed by atoms with van der Waals surface area (Å²) in [6, 6.07) is 1.50. The Balaban J connectivity index is 3.02. The van der Waals surface area contributed by atoms with Crippen LogP contribution < -0.4 is 10.5 Å². The van der Waals surface area contributed by atoms with Crippen LogP contribution in [0, 0.1) is 0 Å². The quantitative estimate of drug-likeness (QED) is 0.787. The van der Waals surface area contributed by atoms with Crippen molar-refractivity contribution in [3.63, 3.8) is 0 Å². The van der Waals surface area contributed by atoms with Crippen LogP contribution in [0.15, 0.2) is 12.3 Å². The maximum absolute atomic E-state index is 11.5. The monoisotopic (exact) mass is 224 g/mol. The lowest BCUT2D eigenvalue weighted by Crippen LogP contribution is -2.15. The van der Waals surface area contributed by atoms with E-state index in [1.807, 2.05) is 13.8 Å². The molecule has 0 aliphatic heterocycles. The molecule has 1 rings (SSSR count). The van der Waals surface area contributed by atoms with Crippen molar-refractivity contribution in [1.82, 2.24) is 4.98 Å². The highest BCUT2D eigenvalue weighted by molar-refractivity contribution is 5.92. The fraction of sp³-hybridized carbons (Fsp3) is 0.455. The van der Waals surface area contributed by atoms with Crippen molar-refractivity contribution in [1.29, 1.82) is 0 Å². The van der Waals surface area contributed by atoms with E-state index in [0.717, 1.165) is 6.42 Å². The summed E-state index contributed by atoms with van der Waals surface area (Å²) in [4.78, 5) is 15.4. The van der Waals surface area contributed by atoms with Gasteiger partial charge in [0.25, 0.3) is 0 Å². The van der Waals surface area contributed by atoms with Crippen LogP contribution in [0.4, 0.5) is 5.69 Å². The topological polar surface area (TPSA) is 74.4 Å². The standard InChI is InChI=1S/C11H16N2O3/c1-4-7(2)16-10-9(11(14)15-3)5-8(12)6-13-10/h5-7H,4,12H2,1-3H3. The van der Waals surface area contributed by atoms with Crippen LogP contribution in [0.25, 0.3) is 0 Å². The van der Waals surface area contributed by atoms with Gasteiger partial charge >= 0.3 is 5.97 Å². The van der Waals surface area contributed by atoms with Gasteiger partial charge in [-0.2, -0.15) is 0 Å². The van der Waals surface area contributed by atoms with E-state index in [4.69, 9.17) is 10.5 Å². The molecule has 5 nitrogen and oxygen atoms in total. The second-order valence-electron chi connectivity index (χ2n) is 3.45. The molecule has 1 aromatic rings. The van der Waals surface area contributed by atoms with E-state index in [-0.39, 0.29) is 17.5 Å². The molecule has 0 aliphatic carbocycles. The zero-order valence-corrected chi connectivity index (χ0v) is 9.69. The largest absolute Gasteiger partial charge is 0.474 e. The van der Waals surface area contributed by atoms with E-state index in [1.165, 1.54) is 19.4 Å². The molecule has 16 heavy (non-hydrogen) atoms. The zero-order valence-electron chi connectivity index (χ0n) is 9.69. The first-order chi connectivity index (χ1) is 7.58. The normalized spacial score (nSPS) is 11.9. The van der Waals surface area contributed by atoms with Crippen molar-refractivity contribution in [2.24, 2.45) is 0 Å². The van der Waals surface area contributed by atoms with Gasteiger partial charge < -0.3 is 15.2 Å². The molecule has 2 N–H and O–H groups in total. The molecule has 1 atom stereocenters. The average Bonchev–Trinajstić information content (AvgIpc) is 2.30. The summed E-state index contributed by atoms with van der Waals surface area (Å²) in [7, 11) is 1.30. The van der Waals surface area contributed by atoms with E-state index < -0.39 is 5.97 Å². The van der Waals surface area contributed by atoms with Crippen LogP contribution in [-0.4, -0.2) is 24.2 Å². The Hall–Kier alpha value is -1.78.